The summed E-state index contributed by atoms with van der Waals surface area (Å²) >= 11 is 0. The molecule has 1 heterocycles. The zero-order valence-corrected chi connectivity index (χ0v) is 17.9. The first kappa shape index (κ1) is 20.8. The van der Waals surface area contributed by atoms with Crippen LogP contribution in [-0.4, -0.2) is 24.5 Å². The predicted octanol–water partition coefficient (Wildman–Crippen LogP) is 5.24. The fourth-order valence-electron chi connectivity index (χ4n) is 3.59. The SMILES string of the molecule is C/C=C\C=C(\CNC(=O)c1cnc2c(C3=CCC(C)(C)CC3)cccc2c1)NC. The largest absolute Gasteiger partial charge is 0.390 e. The monoisotopic (exact) mass is 389 g/mol. The lowest BCUT2D eigenvalue weighted by Gasteiger charge is -2.29. The molecule has 0 spiro atoms. The quantitative estimate of drug-likeness (QED) is 0.665. The van der Waals surface area contributed by atoms with Crippen molar-refractivity contribution in [1.82, 2.24) is 15.6 Å². The first-order chi connectivity index (χ1) is 13.9. The van der Waals surface area contributed by atoms with Gasteiger partial charge in [-0.2, -0.15) is 0 Å². The second kappa shape index (κ2) is 9.08. The van der Waals surface area contributed by atoms with Crippen LogP contribution in [0, 0.1) is 5.41 Å². The zero-order chi connectivity index (χ0) is 20.9. The molecule has 152 valence electrons. The van der Waals surface area contributed by atoms with E-state index >= 15 is 0 Å². The van der Waals surface area contributed by atoms with Crippen molar-refractivity contribution in [1.29, 1.82) is 0 Å². The Bertz CT molecular complexity index is 983. The van der Waals surface area contributed by atoms with Gasteiger partial charge in [0.15, 0.2) is 0 Å². The molecule has 0 saturated heterocycles. The maximum absolute atomic E-state index is 12.6. The lowest BCUT2D eigenvalue weighted by molar-refractivity contribution is 0.0956. The van der Waals surface area contributed by atoms with E-state index in [2.05, 4.69) is 47.7 Å². The van der Waals surface area contributed by atoms with E-state index < -0.39 is 0 Å². The number of carbonyl (C=O) groups is 1. The molecule has 4 nitrogen and oxygen atoms in total. The average Bonchev–Trinajstić information content (AvgIpc) is 2.73. The Morgan fingerprint density at radius 2 is 2.14 bits per heavy atom. The third-order valence-electron chi connectivity index (χ3n) is 5.54. The molecule has 2 aromatic rings. The highest BCUT2D eigenvalue weighted by atomic mass is 16.1. The minimum Gasteiger partial charge on any atom is -0.390 e. The topological polar surface area (TPSA) is 54.0 Å². The lowest BCUT2D eigenvalue weighted by Crippen LogP contribution is -2.29. The van der Waals surface area contributed by atoms with Crippen LogP contribution in [0.1, 0.15) is 56.0 Å². The van der Waals surface area contributed by atoms with Crippen molar-refractivity contribution in [3.8, 4) is 0 Å². The van der Waals surface area contributed by atoms with Gasteiger partial charge in [0.1, 0.15) is 0 Å². The van der Waals surface area contributed by atoms with Crippen LogP contribution in [0.5, 0.6) is 0 Å². The zero-order valence-electron chi connectivity index (χ0n) is 17.9. The smallest absolute Gasteiger partial charge is 0.253 e. The Morgan fingerprint density at radius 3 is 2.83 bits per heavy atom. The van der Waals surface area contributed by atoms with Gasteiger partial charge in [-0.25, -0.2) is 0 Å². The molecule has 0 unspecified atom stereocenters. The van der Waals surface area contributed by atoms with E-state index in [1.165, 1.54) is 17.6 Å². The molecule has 1 aromatic carbocycles. The summed E-state index contributed by atoms with van der Waals surface area (Å²) in [5.74, 6) is -0.120. The van der Waals surface area contributed by atoms with Crippen molar-refractivity contribution < 1.29 is 4.79 Å². The number of para-hydroxylation sites is 1. The number of hydrogen-bond donors (Lipinski definition) is 2. The number of nitrogens with zero attached hydrogens (tertiary/aromatic N) is 1. The Balaban J connectivity index is 1.81. The first-order valence-corrected chi connectivity index (χ1v) is 10.3. The standard InChI is InChI=1S/C25H31N3O/c1-5-6-9-21(26-4)17-28-24(29)20-15-19-8-7-10-22(23(19)27-16-20)18-11-13-25(2,3)14-12-18/h5-11,15-16,26H,12-14,17H2,1-4H3,(H,28,29)/b6-5-,21-9-. The lowest BCUT2D eigenvalue weighted by atomic mass is 9.77. The van der Waals surface area contributed by atoms with Gasteiger partial charge in [-0.05, 0) is 49.3 Å². The van der Waals surface area contributed by atoms with E-state index in [1.54, 1.807) is 6.20 Å². The van der Waals surface area contributed by atoms with Crippen LogP contribution >= 0.6 is 0 Å². The number of rotatable bonds is 6. The van der Waals surface area contributed by atoms with Crippen molar-refractivity contribution in [2.45, 2.75) is 40.0 Å². The highest BCUT2D eigenvalue weighted by Crippen LogP contribution is 2.39. The molecule has 0 radical (unpaired) electrons. The van der Waals surface area contributed by atoms with Crippen LogP contribution in [0.15, 0.2) is 60.5 Å². The average molecular weight is 390 g/mol. The molecule has 3 rings (SSSR count). The van der Waals surface area contributed by atoms with Crippen molar-refractivity contribution in [2.75, 3.05) is 13.6 Å². The van der Waals surface area contributed by atoms with Gasteiger partial charge in [-0.1, -0.05) is 50.3 Å². The van der Waals surface area contributed by atoms with Gasteiger partial charge in [-0.15, -0.1) is 0 Å². The number of pyridine rings is 1. The molecule has 4 heteroatoms. The van der Waals surface area contributed by atoms with E-state index in [0.717, 1.165) is 29.4 Å². The van der Waals surface area contributed by atoms with Crippen LogP contribution in [-0.2, 0) is 0 Å². The van der Waals surface area contributed by atoms with Crippen molar-refractivity contribution in [2.24, 2.45) is 5.41 Å². The van der Waals surface area contributed by atoms with Crippen molar-refractivity contribution in [3.05, 3.63) is 71.6 Å². The second-order valence-electron chi connectivity index (χ2n) is 8.35. The molecule has 0 saturated carbocycles. The molecular weight excluding hydrogens is 358 g/mol. The molecule has 0 fully saturated rings. The maximum atomic E-state index is 12.6. The number of benzene rings is 1. The Labute approximate surface area is 173 Å². The van der Waals surface area contributed by atoms with Gasteiger partial charge in [0.05, 0.1) is 17.6 Å². The molecule has 29 heavy (non-hydrogen) atoms. The van der Waals surface area contributed by atoms with Gasteiger partial charge in [-0.3, -0.25) is 9.78 Å². The van der Waals surface area contributed by atoms with Crippen LogP contribution in [0.4, 0.5) is 0 Å². The Morgan fingerprint density at radius 1 is 1.31 bits per heavy atom. The number of aromatic nitrogens is 1. The number of carbonyl (C=O) groups excluding carboxylic acids is 1. The minimum atomic E-state index is -0.120. The maximum Gasteiger partial charge on any atom is 0.253 e. The van der Waals surface area contributed by atoms with Crippen LogP contribution in [0.2, 0.25) is 0 Å². The first-order valence-electron chi connectivity index (χ1n) is 10.3. The van der Waals surface area contributed by atoms with E-state index in [0.29, 0.717) is 17.5 Å². The molecule has 0 atom stereocenters. The highest BCUT2D eigenvalue weighted by molar-refractivity contribution is 5.99. The van der Waals surface area contributed by atoms with E-state index in [9.17, 15) is 4.79 Å². The third-order valence-corrected chi connectivity index (χ3v) is 5.54. The summed E-state index contributed by atoms with van der Waals surface area (Å²) in [6, 6.07) is 8.16. The highest BCUT2D eigenvalue weighted by Gasteiger charge is 2.23. The van der Waals surface area contributed by atoms with Gasteiger partial charge >= 0.3 is 0 Å². The molecular formula is C25H31N3O. The van der Waals surface area contributed by atoms with E-state index in [4.69, 9.17) is 0 Å². The number of hydrogen-bond acceptors (Lipinski definition) is 3. The van der Waals surface area contributed by atoms with E-state index in [-0.39, 0.29) is 5.91 Å². The molecule has 0 aliphatic heterocycles. The summed E-state index contributed by atoms with van der Waals surface area (Å²) in [5, 5.41) is 7.05. The van der Waals surface area contributed by atoms with Crippen LogP contribution < -0.4 is 10.6 Å². The van der Waals surface area contributed by atoms with Crippen molar-refractivity contribution in [3.63, 3.8) is 0 Å². The summed E-state index contributed by atoms with van der Waals surface area (Å²) in [7, 11) is 1.85. The van der Waals surface area contributed by atoms with E-state index in [1.807, 2.05) is 44.3 Å². The molecule has 2 N–H and O–H groups in total. The normalized spacial score (nSPS) is 16.7. The molecule has 0 bridgehead atoms. The third kappa shape index (κ3) is 5.14. The summed E-state index contributed by atoms with van der Waals surface area (Å²) in [6.07, 6.45) is 13.2. The van der Waals surface area contributed by atoms with Gasteiger partial charge in [0, 0.05) is 29.9 Å². The molecule has 1 aliphatic carbocycles. The predicted molar refractivity (Wildman–Crippen MR) is 122 cm³/mol. The van der Waals surface area contributed by atoms with Gasteiger partial charge in [0.25, 0.3) is 5.91 Å². The Kier molecular flexibility index (Phi) is 6.53. The number of amides is 1. The number of nitrogens with one attached hydrogen (secondary N) is 2. The van der Waals surface area contributed by atoms with Crippen LogP contribution in [0.3, 0.4) is 0 Å². The fourth-order valence-corrected chi connectivity index (χ4v) is 3.59. The summed E-state index contributed by atoms with van der Waals surface area (Å²) in [5.41, 5.74) is 5.43. The fraction of sp³-hybridized carbons (Fsp3) is 0.360. The van der Waals surface area contributed by atoms with Gasteiger partial charge in [0.2, 0.25) is 0 Å². The number of likely N-dealkylation sites (N-methyl/N-ethyl adjacent to an activating group) is 1. The summed E-state index contributed by atoms with van der Waals surface area (Å²) < 4.78 is 0. The van der Waals surface area contributed by atoms with Crippen LogP contribution in [0.25, 0.3) is 16.5 Å². The second-order valence-corrected chi connectivity index (χ2v) is 8.35. The molecule has 1 aliphatic rings. The molecule has 1 amide bonds. The Hall–Kier alpha value is -2.88. The number of allylic oxidation sites excluding steroid dienone is 5. The summed E-state index contributed by atoms with van der Waals surface area (Å²) in [4.78, 5) is 17.3. The molecule has 1 aromatic heterocycles. The number of fused-ring (bicyclic) bond motifs is 1. The van der Waals surface area contributed by atoms with Gasteiger partial charge < -0.3 is 10.6 Å². The minimum absolute atomic E-state index is 0.120. The van der Waals surface area contributed by atoms with Crippen molar-refractivity contribution >= 4 is 22.4 Å². The summed E-state index contributed by atoms with van der Waals surface area (Å²) in [6.45, 7) is 7.04.